The van der Waals surface area contributed by atoms with Crippen LogP contribution in [0.4, 0.5) is 0 Å². The number of likely N-dealkylation sites (tertiary alicyclic amines) is 1. The van der Waals surface area contributed by atoms with Crippen LogP contribution in [0.1, 0.15) is 77.0 Å². The Balaban J connectivity index is 1.30. The number of piperidine rings is 1. The van der Waals surface area contributed by atoms with E-state index in [-0.39, 0.29) is 18.6 Å². The maximum absolute atomic E-state index is 15.6. The minimum absolute atomic E-state index is 0.0944. The van der Waals surface area contributed by atoms with Crippen molar-refractivity contribution < 1.29 is 48.7 Å². The number of aromatic nitrogens is 1. The van der Waals surface area contributed by atoms with Crippen molar-refractivity contribution in [2.24, 2.45) is 22.7 Å². The van der Waals surface area contributed by atoms with Crippen LogP contribution in [0, 0.1) is 22.7 Å². The SMILES string of the molecule is CC[C@]1(O)C[C@H]2CN(CCc3c([nH]c4ccc(SCCCCO)cc34)[C@@](C(=O)OC)(C3C=C4C(=CC3OC)N(C)[C@H]3[C@@](O)(C(=O)OC)[C@H](OC(C)=O)[C@]5(CC)C=CCN6CC[C@]43[C@@H]65)C2)C1. The summed E-state index contributed by atoms with van der Waals surface area (Å²) in [6.45, 7) is 8.79. The highest BCUT2D eigenvalue weighted by Crippen LogP contribution is 2.70. The molecule has 2 bridgehead atoms. The molecular weight excluding hydrogens is 849 g/mol. The highest BCUT2D eigenvalue weighted by molar-refractivity contribution is 7.99. The number of hydrogen-bond acceptors (Lipinski definition) is 14. The molecule has 354 valence electrons. The molecule has 9 rings (SSSR count). The van der Waals surface area contributed by atoms with Crippen LogP contribution in [-0.4, -0.2) is 162 Å². The lowest BCUT2D eigenvalue weighted by Crippen LogP contribution is -2.79. The molecule has 4 N–H and O–H groups in total. The number of nitrogens with one attached hydrogen (secondary N) is 1. The Hall–Kier alpha value is -3.70. The zero-order valence-electron chi connectivity index (χ0n) is 39.1. The van der Waals surface area contributed by atoms with Gasteiger partial charge in [-0.2, -0.15) is 0 Å². The summed E-state index contributed by atoms with van der Waals surface area (Å²) in [5, 5.41) is 36.0. The number of hydrogen-bond donors (Lipinski definition) is 4. The quantitative estimate of drug-likeness (QED) is 0.0771. The number of H-pyrrole nitrogens is 1. The van der Waals surface area contributed by atoms with Crippen LogP contribution < -0.4 is 0 Å². The lowest BCUT2D eigenvalue weighted by atomic mass is 9.47. The number of benzene rings is 1. The molecule has 14 nitrogen and oxygen atoms in total. The number of esters is 3. The van der Waals surface area contributed by atoms with E-state index in [0.717, 1.165) is 56.9 Å². The Morgan fingerprint density at radius 2 is 1.77 bits per heavy atom. The molecule has 0 radical (unpaired) electrons. The Morgan fingerprint density at radius 3 is 2.46 bits per heavy atom. The zero-order chi connectivity index (χ0) is 46.3. The van der Waals surface area contributed by atoms with Gasteiger partial charge in [0.25, 0.3) is 0 Å². The minimum Gasteiger partial charge on any atom is -0.468 e. The van der Waals surface area contributed by atoms with Gasteiger partial charge in [-0.15, -0.1) is 11.8 Å². The third-order valence-electron chi connectivity index (χ3n) is 16.9. The van der Waals surface area contributed by atoms with Gasteiger partial charge in [-0.1, -0.05) is 32.1 Å². The van der Waals surface area contributed by atoms with Gasteiger partial charge in [-0.3, -0.25) is 19.4 Å². The summed E-state index contributed by atoms with van der Waals surface area (Å²) < 4.78 is 24.3. The van der Waals surface area contributed by atoms with Crippen molar-refractivity contribution in [1.29, 1.82) is 0 Å². The number of allylic oxidation sites excluding steroid dienone is 1. The summed E-state index contributed by atoms with van der Waals surface area (Å²) in [5.74, 6) is -1.75. The molecule has 15 heteroatoms. The van der Waals surface area contributed by atoms with Gasteiger partial charge in [0, 0.05) is 104 Å². The van der Waals surface area contributed by atoms with E-state index >= 15 is 4.79 Å². The van der Waals surface area contributed by atoms with Crippen molar-refractivity contribution in [1.82, 2.24) is 19.7 Å². The largest absolute Gasteiger partial charge is 0.468 e. The smallest absolute Gasteiger partial charge is 0.344 e. The Bertz CT molecular complexity index is 2310. The Labute approximate surface area is 386 Å². The first-order valence-corrected chi connectivity index (χ1v) is 24.7. The monoisotopic (exact) mass is 916 g/mol. The molecule has 3 unspecified atom stereocenters. The summed E-state index contributed by atoms with van der Waals surface area (Å²) in [6, 6.07) is 5.22. The van der Waals surface area contributed by atoms with E-state index in [1.807, 2.05) is 25.8 Å². The fraction of sp³-hybridized carbons (Fsp3) is 0.660. The highest BCUT2D eigenvalue weighted by Gasteiger charge is 2.81. The molecular formula is C50H68N4O10S. The van der Waals surface area contributed by atoms with Crippen LogP contribution in [0.3, 0.4) is 0 Å². The topological polar surface area (TPSA) is 174 Å². The molecule has 4 fully saturated rings. The molecule has 0 amide bonds. The number of unbranched alkanes of at least 4 members (excludes halogenated alkanes) is 1. The van der Waals surface area contributed by atoms with Crippen LogP contribution in [0.15, 0.2) is 58.7 Å². The number of likely N-dealkylation sites (N-methyl/N-ethyl adjacent to an activating group) is 1. The lowest BCUT2D eigenvalue weighted by Gasteiger charge is -2.63. The predicted molar refractivity (Wildman–Crippen MR) is 246 cm³/mol. The van der Waals surface area contributed by atoms with Crippen LogP contribution in [0.25, 0.3) is 10.9 Å². The molecule has 2 aliphatic carbocycles. The molecule has 6 heterocycles. The van der Waals surface area contributed by atoms with E-state index in [2.05, 4.69) is 57.3 Å². The number of fused-ring (bicyclic) bond motifs is 6. The van der Waals surface area contributed by atoms with Gasteiger partial charge in [0.2, 0.25) is 5.60 Å². The number of carbonyl (C=O) groups is 3. The number of nitrogens with zero attached hydrogens (tertiary/aromatic N) is 3. The minimum atomic E-state index is -2.30. The normalized spacial score (nSPS) is 38.3. The van der Waals surface area contributed by atoms with E-state index in [0.29, 0.717) is 71.2 Å². The molecule has 7 aliphatic rings. The van der Waals surface area contributed by atoms with Gasteiger partial charge in [0.1, 0.15) is 5.41 Å². The Morgan fingerprint density at radius 1 is 0.985 bits per heavy atom. The second kappa shape index (κ2) is 17.1. The Kier molecular flexibility index (Phi) is 12.2. The van der Waals surface area contributed by atoms with Crippen molar-refractivity contribution in [3.63, 3.8) is 0 Å². The van der Waals surface area contributed by atoms with E-state index in [1.54, 1.807) is 18.9 Å². The third kappa shape index (κ3) is 6.75. The van der Waals surface area contributed by atoms with Crippen LogP contribution in [0.5, 0.6) is 0 Å². The predicted octanol–water partition coefficient (Wildman–Crippen LogP) is 4.50. The fourth-order valence-electron chi connectivity index (χ4n) is 14.5. The van der Waals surface area contributed by atoms with Gasteiger partial charge in [-0.05, 0) is 105 Å². The van der Waals surface area contributed by atoms with Gasteiger partial charge in [0.15, 0.2) is 6.10 Å². The highest BCUT2D eigenvalue weighted by atomic mass is 32.2. The molecule has 65 heavy (non-hydrogen) atoms. The lowest BCUT2D eigenvalue weighted by molar-refractivity contribution is -0.243. The summed E-state index contributed by atoms with van der Waals surface area (Å²) in [7, 11) is 6.26. The van der Waals surface area contributed by atoms with E-state index in [1.165, 1.54) is 21.1 Å². The molecule has 5 aliphatic heterocycles. The number of carbonyl (C=O) groups excluding carboxylic acids is 3. The average Bonchev–Trinajstić information content (AvgIpc) is 3.96. The van der Waals surface area contributed by atoms with E-state index in [4.69, 9.17) is 18.9 Å². The number of aromatic amines is 1. The third-order valence-corrected chi connectivity index (χ3v) is 18.0. The number of methoxy groups -OCH3 is 3. The van der Waals surface area contributed by atoms with Gasteiger partial charge in [-0.25, -0.2) is 4.79 Å². The fourth-order valence-corrected chi connectivity index (χ4v) is 15.4. The number of aliphatic hydroxyl groups excluding tert-OH is 1. The maximum atomic E-state index is 15.6. The van der Waals surface area contributed by atoms with E-state index in [9.17, 15) is 24.9 Å². The number of rotatable bonds is 12. The summed E-state index contributed by atoms with van der Waals surface area (Å²) in [4.78, 5) is 54.9. The van der Waals surface area contributed by atoms with E-state index < -0.39 is 69.5 Å². The van der Waals surface area contributed by atoms with Crippen molar-refractivity contribution in [3.05, 3.63) is 65.0 Å². The first kappa shape index (κ1) is 46.4. The molecule has 1 aromatic carbocycles. The molecule has 1 saturated carbocycles. The molecule has 1 spiro atoms. The zero-order valence-corrected chi connectivity index (χ0v) is 39.9. The summed E-state index contributed by atoms with van der Waals surface area (Å²) >= 11 is 1.76. The molecule has 1 aromatic heterocycles. The van der Waals surface area contributed by atoms with Crippen LogP contribution in [0.2, 0.25) is 0 Å². The summed E-state index contributed by atoms with van der Waals surface area (Å²) in [5.41, 5.74) is -2.03. The maximum Gasteiger partial charge on any atom is 0.344 e. The standard InChI is InChI=1S/C50H68N4O10S/c1-8-46(59)26-31-27-49(44(57)62-6,40-33(15-19-53(28-31)29-46)34-23-32(13-14-37(34)51-40)65-22-11-10-21-55)36-24-35-38(25-39(36)61-5)52(4)42-48(35)17-20-54-18-12-16-47(9-2,41(48)54)43(64-30(3)56)50(42,60)45(58)63-7/h12-14,16,23-25,31,36,39,41-43,51,55,59-60H,8-11,15,17-22,26-29H2,1-7H3/t31-,36?,39?,41+,42-,43-,46+,47-,48-,49+,50+/m1/s1. The van der Waals surface area contributed by atoms with Crippen molar-refractivity contribution in [2.45, 2.75) is 118 Å². The summed E-state index contributed by atoms with van der Waals surface area (Å²) in [6.07, 6.45) is 11.2. The van der Waals surface area contributed by atoms with Crippen molar-refractivity contribution in [2.75, 3.05) is 73.5 Å². The second-order valence-corrected chi connectivity index (χ2v) is 21.2. The van der Waals surface area contributed by atoms with Gasteiger partial charge >= 0.3 is 17.9 Å². The number of aliphatic hydroxyl groups is 3. The average molecular weight is 917 g/mol. The first-order chi connectivity index (χ1) is 31.2. The van der Waals surface area contributed by atoms with Gasteiger partial charge < -0.3 is 44.2 Å². The van der Waals surface area contributed by atoms with Crippen molar-refractivity contribution >= 4 is 40.6 Å². The van der Waals surface area contributed by atoms with Gasteiger partial charge in [0.05, 0.1) is 32.0 Å². The first-order valence-electron chi connectivity index (χ1n) is 23.7. The molecule has 12 atom stereocenters. The number of thioether (sulfide) groups is 1. The van der Waals surface area contributed by atoms with Crippen LogP contribution >= 0.6 is 11.8 Å². The van der Waals surface area contributed by atoms with Crippen molar-refractivity contribution in [3.8, 4) is 0 Å². The second-order valence-electron chi connectivity index (χ2n) is 20.0. The number of ether oxygens (including phenoxy) is 4. The molecule has 2 aromatic rings. The van der Waals surface area contributed by atoms with Crippen LogP contribution in [-0.2, 0) is 45.2 Å². The molecule has 3 saturated heterocycles.